The third-order valence-electron chi connectivity index (χ3n) is 4.54. The zero-order valence-corrected chi connectivity index (χ0v) is 15.0. The molecule has 0 radical (unpaired) electrons. The van der Waals surface area contributed by atoms with Crippen LogP contribution in [0.2, 0.25) is 0 Å². The summed E-state index contributed by atoms with van der Waals surface area (Å²) in [5, 5.41) is 5.71. The van der Waals surface area contributed by atoms with Crippen molar-refractivity contribution in [1.29, 1.82) is 0 Å². The van der Waals surface area contributed by atoms with Crippen LogP contribution in [0.3, 0.4) is 0 Å². The summed E-state index contributed by atoms with van der Waals surface area (Å²) in [6.45, 7) is 2.45. The van der Waals surface area contributed by atoms with Crippen LogP contribution in [0.1, 0.15) is 47.3 Å². The lowest BCUT2D eigenvalue weighted by Gasteiger charge is -2.26. The highest BCUT2D eigenvalue weighted by molar-refractivity contribution is 5.96. The number of hydrogen-bond donors (Lipinski definition) is 2. The third-order valence-corrected chi connectivity index (χ3v) is 4.54. The van der Waals surface area contributed by atoms with E-state index in [1.807, 2.05) is 19.1 Å². The van der Waals surface area contributed by atoms with Gasteiger partial charge in [0.2, 0.25) is 5.91 Å². The van der Waals surface area contributed by atoms with Crippen LogP contribution in [0.25, 0.3) is 0 Å². The van der Waals surface area contributed by atoms with Gasteiger partial charge in [0.25, 0.3) is 5.91 Å². The van der Waals surface area contributed by atoms with Gasteiger partial charge in [-0.3, -0.25) is 9.59 Å². The number of fused-ring (bicyclic) bond motifs is 1. The van der Waals surface area contributed by atoms with Gasteiger partial charge in [-0.05, 0) is 61.6 Å². The zero-order valence-electron chi connectivity index (χ0n) is 15.0. The number of aryl methyl sites for hydroxylation is 1. The van der Waals surface area contributed by atoms with Gasteiger partial charge in [-0.15, -0.1) is 0 Å². The highest BCUT2D eigenvalue weighted by atomic mass is 16.5. The molecular formula is C21H24N2O3. The summed E-state index contributed by atoms with van der Waals surface area (Å²) in [5.41, 5.74) is 2.98. The Morgan fingerprint density at radius 2 is 1.88 bits per heavy atom. The lowest BCUT2D eigenvalue weighted by atomic mass is 9.88. The Morgan fingerprint density at radius 3 is 2.65 bits per heavy atom. The van der Waals surface area contributed by atoms with Crippen LogP contribution in [0.4, 0.5) is 0 Å². The fourth-order valence-corrected chi connectivity index (χ4v) is 3.28. The Kier molecular flexibility index (Phi) is 5.89. The van der Waals surface area contributed by atoms with Gasteiger partial charge >= 0.3 is 0 Å². The molecule has 136 valence electrons. The van der Waals surface area contributed by atoms with Gasteiger partial charge in [-0.2, -0.15) is 0 Å². The molecule has 3 rings (SSSR count). The van der Waals surface area contributed by atoms with Crippen molar-refractivity contribution in [3.63, 3.8) is 0 Å². The lowest BCUT2D eigenvalue weighted by molar-refractivity contribution is -0.121. The molecule has 0 fully saturated rings. The lowest BCUT2D eigenvalue weighted by Crippen LogP contribution is -2.39. The molecule has 0 unspecified atom stereocenters. The van der Waals surface area contributed by atoms with E-state index in [0.717, 1.165) is 25.0 Å². The summed E-state index contributed by atoms with van der Waals surface area (Å²) in [6, 6.07) is 15.1. The normalized spacial score (nSPS) is 15.7. The first kappa shape index (κ1) is 18.0. The number of hydrogen-bond acceptors (Lipinski definition) is 3. The molecule has 1 atom stereocenters. The molecule has 2 aromatic carbocycles. The molecule has 26 heavy (non-hydrogen) atoms. The first-order chi connectivity index (χ1) is 12.7. The minimum absolute atomic E-state index is 0.0230. The van der Waals surface area contributed by atoms with Gasteiger partial charge in [-0.25, -0.2) is 0 Å². The van der Waals surface area contributed by atoms with Crippen molar-refractivity contribution < 1.29 is 14.3 Å². The summed E-state index contributed by atoms with van der Waals surface area (Å²) in [5.74, 6) is 0.274. The molecule has 0 saturated heterocycles. The molecule has 2 amide bonds. The monoisotopic (exact) mass is 352 g/mol. The first-order valence-electron chi connectivity index (χ1n) is 9.05. The van der Waals surface area contributed by atoms with Crippen LogP contribution in [-0.4, -0.2) is 25.0 Å². The molecule has 0 heterocycles. The van der Waals surface area contributed by atoms with Gasteiger partial charge < -0.3 is 15.4 Å². The quantitative estimate of drug-likeness (QED) is 0.840. The van der Waals surface area contributed by atoms with Crippen molar-refractivity contribution in [2.75, 3.05) is 13.2 Å². The molecule has 2 N–H and O–H groups in total. The van der Waals surface area contributed by atoms with Gasteiger partial charge in [0.1, 0.15) is 5.75 Å². The van der Waals surface area contributed by atoms with E-state index >= 15 is 0 Å². The second kappa shape index (κ2) is 8.52. The molecule has 0 aromatic heterocycles. The second-order valence-electron chi connectivity index (χ2n) is 6.35. The highest BCUT2D eigenvalue weighted by Crippen LogP contribution is 2.29. The summed E-state index contributed by atoms with van der Waals surface area (Å²) < 4.78 is 5.36. The minimum Gasteiger partial charge on any atom is -0.494 e. The summed E-state index contributed by atoms with van der Waals surface area (Å²) in [4.78, 5) is 24.4. The molecule has 1 aliphatic carbocycles. The molecular weight excluding hydrogens is 328 g/mol. The minimum atomic E-state index is -0.271. The van der Waals surface area contributed by atoms with Crippen LogP contribution < -0.4 is 15.4 Å². The van der Waals surface area contributed by atoms with Crippen LogP contribution in [-0.2, 0) is 11.2 Å². The van der Waals surface area contributed by atoms with Gasteiger partial charge in [0, 0.05) is 5.56 Å². The molecule has 0 saturated carbocycles. The maximum Gasteiger partial charge on any atom is 0.251 e. The summed E-state index contributed by atoms with van der Waals surface area (Å²) in [6.07, 6.45) is 3.03. The van der Waals surface area contributed by atoms with Crippen LogP contribution in [0.15, 0.2) is 48.5 Å². The predicted molar refractivity (Wildman–Crippen MR) is 100 cm³/mol. The van der Waals surface area contributed by atoms with Gasteiger partial charge in [0.15, 0.2) is 0 Å². The highest BCUT2D eigenvalue weighted by Gasteiger charge is 2.21. The summed E-state index contributed by atoms with van der Waals surface area (Å²) >= 11 is 0. The fourth-order valence-electron chi connectivity index (χ4n) is 3.28. The van der Waals surface area contributed by atoms with Crippen LogP contribution in [0, 0.1) is 0 Å². The van der Waals surface area contributed by atoms with Crippen molar-refractivity contribution in [3.8, 4) is 5.75 Å². The maximum atomic E-state index is 12.3. The fraction of sp³-hybridized carbons (Fsp3) is 0.333. The van der Waals surface area contributed by atoms with E-state index in [-0.39, 0.29) is 24.4 Å². The van der Waals surface area contributed by atoms with E-state index in [0.29, 0.717) is 12.2 Å². The van der Waals surface area contributed by atoms with E-state index in [2.05, 4.69) is 22.8 Å². The average Bonchev–Trinajstić information content (AvgIpc) is 2.67. The molecule has 5 heteroatoms. The van der Waals surface area contributed by atoms with E-state index in [4.69, 9.17) is 4.74 Å². The molecule has 0 spiro atoms. The number of benzene rings is 2. The Hall–Kier alpha value is -2.82. The van der Waals surface area contributed by atoms with Gasteiger partial charge in [0.05, 0.1) is 19.2 Å². The van der Waals surface area contributed by atoms with E-state index in [1.54, 1.807) is 24.3 Å². The molecule has 2 aromatic rings. The predicted octanol–water partition coefficient (Wildman–Crippen LogP) is 3.01. The molecule has 5 nitrogen and oxygen atoms in total. The van der Waals surface area contributed by atoms with E-state index in [9.17, 15) is 9.59 Å². The average molecular weight is 352 g/mol. The third kappa shape index (κ3) is 4.42. The number of carbonyl (C=O) groups is 2. The smallest absolute Gasteiger partial charge is 0.251 e. The Balaban J connectivity index is 1.52. The Labute approximate surface area is 153 Å². The van der Waals surface area contributed by atoms with Crippen molar-refractivity contribution in [1.82, 2.24) is 10.6 Å². The number of carbonyl (C=O) groups excluding carboxylic acids is 2. The zero-order chi connectivity index (χ0) is 18.4. The molecule has 0 bridgehead atoms. The number of amides is 2. The topological polar surface area (TPSA) is 67.4 Å². The first-order valence-corrected chi connectivity index (χ1v) is 9.05. The largest absolute Gasteiger partial charge is 0.494 e. The number of rotatable bonds is 6. The maximum absolute atomic E-state index is 12.3. The number of ether oxygens (including phenoxy) is 1. The van der Waals surface area contributed by atoms with Crippen LogP contribution >= 0.6 is 0 Å². The van der Waals surface area contributed by atoms with Crippen molar-refractivity contribution in [3.05, 3.63) is 65.2 Å². The van der Waals surface area contributed by atoms with Gasteiger partial charge in [-0.1, -0.05) is 24.3 Å². The van der Waals surface area contributed by atoms with Crippen molar-refractivity contribution in [2.24, 2.45) is 0 Å². The molecule has 0 aliphatic heterocycles. The Morgan fingerprint density at radius 1 is 1.12 bits per heavy atom. The van der Waals surface area contributed by atoms with E-state index in [1.165, 1.54) is 11.1 Å². The van der Waals surface area contributed by atoms with Crippen molar-refractivity contribution >= 4 is 11.8 Å². The number of nitrogens with one attached hydrogen (secondary N) is 2. The second-order valence-corrected chi connectivity index (χ2v) is 6.35. The standard InChI is InChI=1S/C21H24N2O3/c1-2-26-17-12-10-16(11-13-17)21(25)22-14-20(24)23-19-9-5-7-15-6-3-4-8-18(15)19/h3-4,6,8,10-13,19H,2,5,7,9,14H2,1H3,(H,22,25)(H,23,24)/t19-/m0/s1. The molecule has 1 aliphatic rings. The SMILES string of the molecule is CCOc1ccc(C(=O)NCC(=O)N[C@H]2CCCc3ccccc32)cc1. The van der Waals surface area contributed by atoms with Crippen LogP contribution in [0.5, 0.6) is 5.75 Å². The summed E-state index contributed by atoms with van der Waals surface area (Å²) in [7, 11) is 0. The Bertz CT molecular complexity index is 771. The van der Waals surface area contributed by atoms with E-state index < -0.39 is 0 Å². The van der Waals surface area contributed by atoms with Crippen molar-refractivity contribution in [2.45, 2.75) is 32.2 Å².